The summed E-state index contributed by atoms with van der Waals surface area (Å²) in [7, 11) is 0. The zero-order chi connectivity index (χ0) is 12.1. The van der Waals surface area contributed by atoms with Crippen molar-refractivity contribution < 1.29 is 9.18 Å². The van der Waals surface area contributed by atoms with E-state index >= 15 is 0 Å². The van der Waals surface area contributed by atoms with E-state index < -0.39 is 6.04 Å². The van der Waals surface area contributed by atoms with Crippen LogP contribution in [-0.4, -0.2) is 11.8 Å². The van der Waals surface area contributed by atoms with Gasteiger partial charge in [0, 0.05) is 10.9 Å². The Morgan fingerprint density at radius 1 is 1.56 bits per heavy atom. The van der Waals surface area contributed by atoms with Crippen molar-refractivity contribution >= 4 is 21.7 Å². The average molecular weight is 288 g/mol. The van der Waals surface area contributed by atoms with Crippen molar-refractivity contribution in [3.63, 3.8) is 0 Å². The highest BCUT2D eigenvalue weighted by atomic mass is 79.9. The van der Waals surface area contributed by atoms with Crippen LogP contribution in [0.5, 0.6) is 0 Å². The maximum Gasteiger partial charge on any atom is 0.153 e. The molecule has 0 aliphatic rings. The third kappa shape index (κ3) is 3.68. The predicted octanol–water partition coefficient (Wildman–Crippen LogP) is 2.83. The number of carbonyl (C=O) groups is 1. The Bertz CT molecular complexity index is 381. The molecule has 0 saturated carbocycles. The summed E-state index contributed by atoms with van der Waals surface area (Å²) >= 11 is 3.24. The summed E-state index contributed by atoms with van der Waals surface area (Å²) in [5.41, 5.74) is 6.07. The minimum atomic E-state index is -0.483. The SMILES string of the molecule is CCCC(N)C(=O)Cc1cc(Br)ccc1F. The number of rotatable bonds is 5. The number of ketones is 1. The zero-order valence-corrected chi connectivity index (χ0v) is 10.8. The first-order valence-electron chi connectivity index (χ1n) is 5.26. The van der Waals surface area contributed by atoms with Crippen LogP contribution in [0.2, 0.25) is 0 Å². The third-order valence-electron chi connectivity index (χ3n) is 2.39. The number of halogens is 2. The lowest BCUT2D eigenvalue weighted by Gasteiger charge is -2.09. The normalized spacial score (nSPS) is 12.5. The van der Waals surface area contributed by atoms with Gasteiger partial charge in [0.05, 0.1) is 6.04 Å². The second-order valence-electron chi connectivity index (χ2n) is 3.77. The predicted molar refractivity (Wildman–Crippen MR) is 65.7 cm³/mol. The average Bonchev–Trinajstić information content (AvgIpc) is 2.23. The first kappa shape index (κ1) is 13.3. The molecule has 0 heterocycles. The quantitative estimate of drug-likeness (QED) is 0.905. The molecule has 0 amide bonds. The van der Waals surface area contributed by atoms with Crippen molar-refractivity contribution in [1.82, 2.24) is 0 Å². The fourth-order valence-electron chi connectivity index (χ4n) is 1.47. The number of hydrogen-bond donors (Lipinski definition) is 1. The molecule has 0 aromatic heterocycles. The van der Waals surface area contributed by atoms with Crippen molar-refractivity contribution in [2.75, 3.05) is 0 Å². The molecule has 0 bridgehead atoms. The van der Waals surface area contributed by atoms with Crippen LogP contribution in [-0.2, 0) is 11.2 Å². The van der Waals surface area contributed by atoms with Crippen molar-refractivity contribution in [1.29, 1.82) is 0 Å². The van der Waals surface area contributed by atoms with Gasteiger partial charge < -0.3 is 5.73 Å². The zero-order valence-electron chi connectivity index (χ0n) is 9.17. The minimum Gasteiger partial charge on any atom is -0.321 e. The van der Waals surface area contributed by atoms with E-state index in [0.717, 1.165) is 10.9 Å². The van der Waals surface area contributed by atoms with Gasteiger partial charge in [-0.25, -0.2) is 4.39 Å². The number of hydrogen-bond acceptors (Lipinski definition) is 2. The van der Waals surface area contributed by atoms with Gasteiger partial charge in [-0.1, -0.05) is 29.3 Å². The summed E-state index contributed by atoms with van der Waals surface area (Å²) in [5.74, 6) is -0.473. The van der Waals surface area contributed by atoms with E-state index in [1.54, 1.807) is 12.1 Å². The molecule has 88 valence electrons. The van der Waals surface area contributed by atoms with Gasteiger partial charge in [0.2, 0.25) is 0 Å². The van der Waals surface area contributed by atoms with Gasteiger partial charge in [-0.05, 0) is 30.2 Å². The summed E-state index contributed by atoms with van der Waals surface area (Å²) < 4.78 is 14.1. The van der Waals surface area contributed by atoms with E-state index in [-0.39, 0.29) is 18.0 Å². The Balaban J connectivity index is 2.72. The van der Waals surface area contributed by atoms with Gasteiger partial charge in [0.15, 0.2) is 5.78 Å². The lowest BCUT2D eigenvalue weighted by Crippen LogP contribution is -2.31. The minimum absolute atomic E-state index is 0.0619. The molecule has 1 aromatic rings. The first-order chi connectivity index (χ1) is 7.54. The Morgan fingerprint density at radius 3 is 2.88 bits per heavy atom. The molecule has 0 fully saturated rings. The monoisotopic (exact) mass is 287 g/mol. The lowest BCUT2D eigenvalue weighted by molar-refractivity contribution is -0.119. The van der Waals surface area contributed by atoms with Crippen LogP contribution >= 0.6 is 15.9 Å². The lowest BCUT2D eigenvalue weighted by atomic mass is 10.0. The largest absolute Gasteiger partial charge is 0.321 e. The van der Waals surface area contributed by atoms with Gasteiger partial charge in [0.1, 0.15) is 5.82 Å². The molecule has 16 heavy (non-hydrogen) atoms. The van der Waals surface area contributed by atoms with E-state index in [9.17, 15) is 9.18 Å². The van der Waals surface area contributed by atoms with Crippen molar-refractivity contribution in [2.45, 2.75) is 32.2 Å². The molecule has 0 saturated heterocycles. The van der Waals surface area contributed by atoms with Crippen LogP contribution in [0.4, 0.5) is 4.39 Å². The third-order valence-corrected chi connectivity index (χ3v) is 2.88. The number of carbonyl (C=O) groups excluding carboxylic acids is 1. The molecule has 2 N–H and O–H groups in total. The summed E-state index contributed by atoms with van der Waals surface area (Å²) in [6, 6.07) is 4.09. The maximum atomic E-state index is 13.4. The molecule has 4 heteroatoms. The van der Waals surface area contributed by atoms with E-state index in [0.29, 0.717) is 12.0 Å². The van der Waals surface area contributed by atoms with Gasteiger partial charge in [-0.15, -0.1) is 0 Å². The topological polar surface area (TPSA) is 43.1 Å². The van der Waals surface area contributed by atoms with Crippen LogP contribution in [0.15, 0.2) is 22.7 Å². The Labute approximate surface area is 103 Å². The fraction of sp³-hybridized carbons (Fsp3) is 0.417. The van der Waals surface area contributed by atoms with Gasteiger partial charge in [0.25, 0.3) is 0 Å². The Morgan fingerprint density at radius 2 is 2.25 bits per heavy atom. The summed E-state index contributed by atoms with van der Waals surface area (Å²) in [4.78, 5) is 11.7. The highest BCUT2D eigenvalue weighted by Crippen LogP contribution is 2.16. The molecule has 1 aromatic carbocycles. The van der Waals surface area contributed by atoms with Gasteiger partial charge in [-0.3, -0.25) is 4.79 Å². The molecule has 0 radical (unpaired) electrons. The smallest absolute Gasteiger partial charge is 0.153 e. The van der Waals surface area contributed by atoms with Crippen LogP contribution < -0.4 is 5.73 Å². The highest BCUT2D eigenvalue weighted by Gasteiger charge is 2.15. The molecular formula is C12H15BrFNO. The molecule has 1 atom stereocenters. The Kier molecular flexibility index (Phi) is 5.09. The molecule has 2 nitrogen and oxygen atoms in total. The van der Waals surface area contributed by atoms with Crippen LogP contribution in [0.25, 0.3) is 0 Å². The fourth-order valence-corrected chi connectivity index (χ4v) is 1.88. The molecular weight excluding hydrogens is 273 g/mol. The van der Waals surface area contributed by atoms with Gasteiger partial charge in [-0.2, -0.15) is 0 Å². The first-order valence-corrected chi connectivity index (χ1v) is 6.06. The van der Waals surface area contributed by atoms with Gasteiger partial charge >= 0.3 is 0 Å². The van der Waals surface area contributed by atoms with Crippen LogP contribution in [0.3, 0.4) is 0 Å². The maximum absolute atomic E-state index is 13.4. The van der Waals surface area contributed by atoms with Crippen molar-refractivity contribution in [3.05, 3.63) is 34.1 Å². The molecule has 1 rings (SSSR count). The standard InChI is InChI=1S/C12H15BrFNO/c1-2-3-11(15)12(16)7-8-6-9(13)4-5-10(8)14/h4-6,11H,2-3,7,15H2,1H3. The van der Waals surface area contributed by atoms with E-state index in [2.05, 4.69) is 15.9 Å². The number of Topliss-reactive ketones (excluding diaryl/α,β-unsaturated/α-hetero) is 1. The van der Waals surface area contributed by atoms with Crippen LogP contribution in [0.1, 0.15) is 25.3 Å². The summed E-state index contributed by atoms with van der Waals surface area (Å²) in [5, 5.41) is 0. The second-order valence-corrected chi connectivity index (χ2v) is 4.69. The van der Waals surface area contributed by atoms with Crippen molar-refractivity contribution in [3.8, 4) is 0 Å². The highest BCUT2D eigenvalue weighted by molar-refractivity contribution is 9.10. The summed E-state index contributed by atoms with van der Waals surface area (Å²) in [6.45, 7) is 1.97. The Hall–Kier alpha value is -0.740. The van der Waals surface area contributed by atoms with Crippen LogP contribution in [0, 0.1) is 5.82 Å². The van der Waals surface area contributed by atoms with Crippen molar-refractivity contribution in [2.24, 2.45) is 5.73 Å². The molecule has 0 aliphatic heterocycles. The molecule has 1 unspecified atom stereocenters. The molecule has 0 spiro atoms. The second kappa shape index (κ2) is 6.11. The van der Waals surface area contributed by atoms with E-state index in [1.165, 1.54) is 6.07 Å². The van der Waals surface area contributed by atoms with E-state index in [1.807, 2.05) is 6.92 Å². The number of benzene rings is 1. The van der Waals surface area contributed by atoms with E-state index in [4.69, 9.17) is 5.73 Å². The molecule has 0 aliphatic carbocycles. The number of nitrogens with two attached hydrogens (primary N) is 1. The summed E-state index contributed by atoms with van der Waals surface area (Å²) in [6.07, 6.45) is 1.56.